The number of para-hydroxylation sites is 1. The monoisotopic (exact) mass is 238 g/mol. The van der Waals surface area contributed by atoms with Gasteiger partial charge in [0, 0.05) is 5.92 Å². The van der Waals surface area contributed by atoms with Gasteiger partial charge >= 0.3 is 0 Å². The number of benzene rings is 1. The van der Waals surface area contributed by atoms with Gasteiger partial charge in [-0.15, -0.1) is 0 Å². The molecule has 0 saturated carbocycles. The summed E-state index contributed by atoms with van der Waals surface area (Å²) in [6, 6.07) is 6.80. The van der Waals surface area contributed by atoms with E-state index >= 15 is 0 Å². The molecule has 0 aliphatic carbocycles. The predicted octanol–water partition coefficient (Wildman–Crippen LogP) is 1.09. The van der Waals surface area contributed by atoms with E-state index in [1.54, 1.807) is 24.3 Å². The summed E-state index contributed by atoms with van der Waals surface area (Å²) in [6.45, 7) is 2.19. The Labute approximate surface area is 99.6 Å². The van der Waals surface area contributed by atoms with Crippen LogP contribution in [0.2, 0.25) is 0 Å². The maximum absolute atomic E-state index is 11.1. The first-order chi connectivity index (χ1) is 7.52. The zero-order valence-corrected chi connectivity index (χ0v) is 9.79. The van der Waals surface area contributed by atoms with Gasteiger partial charge in [0.2, 0.25) is 0 Å². The number of rotatable bonds is 5. The van der Waals surface area contributed by atoms with Crippen LogP contribution in [0.3, 0.4) is 0 Å². The van der Waals surface area contributed by atoms with Crippen molar-refractivity contribution in [2.75, 3.05) is 6.61 Å². The molecule has 16 heavy (non-hydrogen) atoms. The van der Waals surface area contributed by atoms with Gasteiger partial charge in [-0.05, 0) is 12.1 Å². The largest absolute Gasteiger partial charge is 0.492 e. The highest BCUT2D eigenvalue weighted by atomic mass is 32.1. The van der Waals surface area contributed by atoms with Gasteiger partial charge in [-0.3, -0.25) is 4.79 Å². The Bertz CT molecular complexity index is 407. The van der Waals surface area contributed by atoms with Crippen molar-refractivity contribution in [3.63, 3.8) is 0 Å². The van der Waals surface area contributed by atoms with Crippen molar-refractivity contribution < 1.29 is 9.53 Å². The Morgan fingerprint density at radius 1 is 1.44 bits per heavy atom. The average molecular weight is 238 g/mol. The summed E-state index contributed by atoms with van der Waals surface area (Å²) in [6.07, 6.45) is 0. The predicted molar refractivity (Wildman–Crippen MR) is 66.4 cm³/mol. The lowest BCUT2D eigenvalue weighted by Gasteiger charge is -2.13. The molecule has 5 heteroatoms. The van der Waals surface area contributed by atoms with E-state index in [-0.39, 0.29) is 5.92 Å². The highest BCUT2D eigenvalue weighted by molar-refractivity contribution is 7.80. The van der Waals surface area contributed by atoms with E-state index in [9.17, 15) is 4.79 Å². The third-order valence-corrected chi connectivity index (χ3v) is 2.53. The van der Waals surface area contributed by atoms with Crippen molar-refractivity contribution in [1.82, 2.24) is 0 Å². The number of amides is 1. The number of nitrogens with two attached hydrogens (primary N) is 2. The summed E-state index contributed by atoms with van der Waals surface area (Å²) in [5, 5.41) is 0. The molecule has 0 radical (unpaired) electrons. The van der Waals surface area contributed by atoms with Gasteiger partial charge in [-0.1, -0.05) is 31.3 Å². The van der Waals surface area contributed by atoms with E-state index in [0.29, 0.717) is 22.9 Å². The number of ether oxygens (including phenoxy) is 1. The molecule has 4 nitrogen and oxygen atoms in total. The fourth-order valence-corrected chi connectivity index (χ4v) is 1.16. The lowest BCUT2D eigenvalue weighted by atomic mass is 10.2. The van der Waals surface area contributed by atoms with Crippen molar-refractivity contribution in [3.8, 4) is 5.75 Å². The molecule has 0 aliphatic rings. The summed E-state index contributed by atoms with van der Waals surface area (Å²) in [7, 11) is 0. The molecule has 0 bridgehead atoms. The smallest absolute Gasteiger partial charge is 0.252 e. The van der Waals surface area contributed by atoms with Gasteiger partial charge < -0.3 is 16.2 Å². The van der Waals surface area contributed by atoms with Crippen LogP contribution in [0.15, 0.2) is 24.3 Å². The Balaban J connectivity index is 2.74. The second-order valence-electron chi connectivity index (χ2n) is 3.47. The number of carbonyl (C=O) groups excluding carboxylic acids is 1. The lowest BCUT2D eigenvalue weighted by Crippen LogP contribution is -2.24. The molecule has 1 rings (SSSR count). The Morgan fingerprint density at radius 3 is 2.62 bits per heavy atom. The summed E-state index contributed by atoms with van der Waals surface area (Å²) >= 11 is 4.82. The molecule has 0 saturated heterocycles. The highest BCUT2D eigenvalue weighted by Gasteiger charge is 2.11. The molecule has 1 amide bonds. The second kappa shape index (κ2) is 5.46. The molecule has 1 aromatic rings. The SMILES string of the molecule is CC(COc1ccccc1C(N)=O)C(N)=S. The molecule has 4 N–H and O–H groups in total. The van der Waals surface area contributed by atoms with Crippen molar-refractivity contribution in [3.05, 3.63) is 29.8 Å². The van der Waals surface area contributed by atoms with Gasteiger partial charge in [0.1, 0.15) is 5.75 Å². The highest BCUT2D eigenvalue weighted by Crippen LogP contribution is 2.17. The number of primary amides is 1. The minimum atomic E-state index is -0.515. The Hall–Kier alpha value is -1.62. The van der Waals surface area contributed by atoms with Gasteiger partial charge in [-0.2, -0.15) is 0 Å². The lowest BCUT2D eigenvalue weighted by molar-refractivity contribution is 0.0996. The number of hydrogen-bond donors (Lipinski definition) is 2. The van der Waals surface area contributed by atoms with E-state index in [0.717, 1.165) is 0 Å². The zero-order chi connectivity index (χ0) is 12.1. The fourth-order valence-electron chi connectivity index (χ4n) is 1.09. The first-order valence-corrected chi connectivity index (χ1v) is 5.24. The Kier molecular flexibility index (Phi) is 4.25. The maximum Gasteiger partial charge on any atom is 0.252 e. The molecule has 1 aromatic carbocycles. The Morgan fingerprint density at radius 2 is 2.06 bits per heavy atom. The quantitative estimate of drug-likeness (QED) is 0.753. The van der Waals surface area contributed by atoms with Crippen LogP contribution in [0.25, 0.3) is 0 Å². The third kappa shape index (κ3) is 3.20. The summed E-state index contributed by atoms with van der Waals surface area (Å²) < 4.78 is 5.45. The molecule has 0 aromatic heterocycles. The van der Waals surface area contributed by atoms with E-state index in [4.69, 9.17) is 28.4 Å². The van der Waals surface area contributed by atoms with E-state index in [1.807, 2.05) is 6.92 Å². The minimum Gasteiger partial charge on any atom is -0.492 e. The minimum absolute atomic E-state index is 0.0454. The standard InChI is InChI=1S/C11H14N2O2S/c1-7(11(13)16)6-15-9-5-3-2-4-8(9)10(12)14/h2-5,7H,6H2,1H3,(H2,12,14)(H2,13,16). The summed E-state index contributed by atoms with van der Waals surface area (Å²) in [5.74, 6) is -0.104. The van der Waals surface area contributed by atoms with Crippen molar-refractivity contribution in [1.29, 1.82) is 0 Å². The van der Waals surface area contributed by atoms with Crippen LogP contribution < -0.4 is 16.2 Å². The molecule has 1 atom stereocenters. The van der Waals surface area contributed by atoms with Crippen molar-refractivity contribution in [2.45, 2.75) is 6.92 Å². The molecule has 0 aliphatic heterocycles. The van der Waals surface area contributed by atoms with E-state index in [1.165, 1.54) is 0 Å². The van der Waals surface area contributed by atoms with Crippen LogP contribution in [-0.4, -0.2) is 17.5 Å². The molecule has 0 heterocycles. The van der Waals surface area contributed by atoms with Crippen LogP contribution >= 0.6 is 12.2 Å². The third-order valence-electron chi connectivity index (χ3n) is 2.13. The maximum atomic E-state index is 11.1. The van der Waals surface area contributed by atoms with Gasteiger partial charge in [-0.25, -0.2) is 0 Å². The van der Waals surface area contributed by atoms with Crippen molar-refractivity contribution >= 4 is 23.1 Å². The topological polar surface area (TPSA) is 78.3 Å². The van der Waals surface area contributed by atoms with Crippen LogP contribution in [0, 0.1) is 5.92 Å². The number of hydrogen-bond acceptors (Lipinski definition) is 3. The fraction of sp³-hybridized carbons (Fsp3) is 0.273. The van der Waals surface area contributed by atoms with Gasteiger partial charge in [0.05, 0.1) is 17.2 Å². The zero-order valence-electron chi connectivity index (χ0n) is 8.97. The summed E-state index contributed by atoms with van der Waals surface area (Å²) in [5.41, 5.74) is 11.0. The van der Waals surface area contributed by atoms with Crippen LogP contribution in [-0.2, 0) is 0 Å². The van der Waals surface area contributed by atoms with Crippen LogP contribution in [0.1, 0.15) is 17.3 Å². The average Bonchev–Trinajstić information content (AvgIpc) is 2.25. The van der Waals surface area contributed by atoms with Crippen LogP contribution in [0.5, 0.6) is 5.75 Å². The molecule has 86 valence electrons. The van der Waals surface area contributed by atoms with Gasteiger partial charge in [0.25, 0.3) is 5.91 Å². The molecule has 1 unspecified atom stereocenters. The number of thiocarbonyl (C=S) groups is 1. The second-order valence-corrected chi connectivity index (χ2v) is 3.95. The van der Waals surface area contributed by atoms with Crippen LogP contribution in [0.4, 0.5) is 0 Å². The van der Waals surface area contributed by atoms with E-state index in [2.05, 4.69) is 0 Å². The number of carbonyl (C=O) groups is 1. The molecule has 0 fully saturated rings. The first-order valence-electron chi connectivity index (χ1n) is 4.83. The first kappa shape index (κ1) is 12.4. The molecular formula is C11H14N2O2S. The van der Waals surface area contributed by atoms with Gasteiger partial charge in [0.15, 0.2) is 0 Å². The van der Waals surface area contributed by atoms with Crippen molar-refractivity contribution in [2.24, 2.45) is 17.4 Å². The molecule has 0 spiro atoms. The summed E-state index contributed by atoms with van der Waals surface area (Å²) in [4.78, 5) is 11.5. The normalized spacial score (nSPS) is 11.8. The molecular weight excluding hydrogens is 224 g/mol. The van der Waals surface area contributed by atoms with E-state index < -0.39 is 5.91 Å².